The molecule has 1 saturated heterocycles. The largest absolute Gasteiger partial charge is 0.491 e. The minimum Gasteiger partial charge on any atom is -0.491 e. The first-order valence-electron chi connectivity index (χ1n) is 10.4. The molecule has 1 amide bonds. The zero-order valence-electron chi connectivity index (χ0n) is 17.8. The molecule has 0 radical (unpaired) electrons. The predicted molar refractivity (Wildman–Crippen MR) is 117 cm³/mol. The topological polar surface area (TPSA) is 75.7 Å². The van der Waals surface area contributed by atoms with Crippen LogP contribution in [0.4, 0.5) is 0 Å². The fourth-order valence-electron chi connectivity index (χ4n) is 3.55. The lowest BCUT2D eigenvalue weighted by molar-refractivity contribution is 0.0926. The number of rotatable bonds is 7. The molecule has 0 bridgehead atoms. The van der Waals surface area contributed by atoms with Crippen molar-refractivity contribution in [1.29, 1.82) is 0 Å². The summed E-state index contributed by atoms with van der Waals surface area (Å²) >= 11 is 0. The summed E-state index contributed by atoms with van der Waals surface area (Å²) in [5.74, 6) is 0.467. The Hall–Kier alpha value is -2.38. The lowest BCUT2D eigenvalue weighted by atomic mass is 10.1. The molecule has 6 nitrogen and oxygen atoms in total. The van der Waals surface area contributed by atoms with Crippen LogP contribution in [-0.4, -0.2) is 44.4 Å². The monoisotopic (exact) mass is 430 g/mol. The number of nitrogens with one attached hydrogen (secondary N) is 1. The second-order valence-electron chi connectivity index (χ2n) is 7.90. The van der Waals surface area contributed by atoms with Gasteiger partial charge in [0, 0.05) is 18.7 Å². The molecule has 0 spiro atoms. The van der Waals surface area contributed by atoms with Crippen molar-refractivity contribution in [3.05, 3.63) is 59.2 Å². The Bertz CT molecular complexity index is 998. The molecular formula is C23H30N2O4S. The van der Waals surface area contributed by atoms with Gasteiger partial charge < -0.3 is 10.1 Å². The molecule has 162 valence electrons. The standard InChI is InChI=1S/C23H30N2O4S/c1-17-9-5-6-10-21(17)29-16-19(3)24-23(26)20-12-11-18(2)22(15-20)30(27,28)25-13-7-4-8-14-25/h5-6,9-12,15,19H,4,7-8,13-14,16H2,1-3H3,(H,24,26). The quantitative estimate of drug-likeness (QED) is 0.727. The number of hydrogen-bond donors (Lipinski definition) is 1. The van der Waals surface area contributed by atoms with E-state index in [-0.39, 0.29) is 16.8 Å². The maximum atomic E-state index is 13.1. The zero-order chi connectivity index (χ0) is 21.7. The number of nitrogens with zero attached hydrogens (tertiary/aromatic N) is 1. The van der Waals surface area contributed by atoms with E-state index in [0.29, 0.717) is 30.8 Å². The van der Waals surface area contributed by atoms with E-state index in [0.717, 1.165) is 30.6 Å². The van der Waals surface area contributed by atoms with Crippen molar-refractivity contribution in [3.63, 3.8) is 0 Å². The van der Waals surface area contributed by atoms with Gasteiger partial charge in [-0.05, 0) is 62.9 Å². The van der Waals surface area contributed by atoms with E-state index < -0.39 is 10.0 Å². The van der Waals surface area contributed by atoms with Crippen molar-refractivity contribution in [2.45, 2.75) is 51.0 Å². The van der Waals surface area contributed by atoms with Crippen molar-refractivity contribution < 1.29 is 17.9 Å². The Morgan fingerprint density at radius 2 is 1.77 bits per heavy atom. The van der Waals surface area contributed by atoms with Crippen LogP contribution in [-0.2, 0) is 10.0 Å². The van der Waals surface area contributed by atoms with Gasteiger partial charge in [0.15, 0.2) is 0 Å². The first kappa shape index (κ1) is 22.3. The molecule has 7 heteroatoms. The molecule has 0 aliphatic carbocycles. The summed E-state index contributed by atoms with van der Waals surface area (Å²) in [6.45, 7) is 6.97. The third-order valence-corrected chi connectivity index (χ3v) is 7.38. The van der Waals surface area contributed by atoms with Gasteiger partial charge in [-0.2, -0.15) is 4.31 Å². The number of para-hydroxylation sites is 1. The van der Waals surface area contributed by atoms with Crippen molar-refractivity contribution >= 4 is 15.9 Å². The summed E-state index contributed by atoms with van der Waals surface area (Å²) in [4.78, 5) is 12.9. The first-order valence-corrected chi connectivity index (χ1v) is 11.8. The van der Waals surface area contributed by atoms with Crippen LogP contribution >= 0.6 is 0 Å². The number of sulfonamides is 1. The number of aryl methyl sites for hydroxylation is 2. The second kappa shape index (κ2) is 9.62. The molecule has 30 heavy (non-hydrogen) atoms. The molecule has 2 aromatic rings. The lowest BCUT2D eigenvalue weighted by Crippen LogP contribution is -2.37. The molecule has 1 aliphatic rings. The summed E-state index contributed by atoms with van der Waals surface area (Å²) < 4.78 is 33.5. The summed E-state index contributed by atoms with van der Waals surface area (Å²) in [6, 6.07) is 12.3. The first-order chi connectivity index (χ1) is 14.3. The number of piperidine rings is 1. The highest BCUT2D eigenvalue weighted by Gasteiger charge is 2.28. The van der Waals surface area contributed by atoms with Crippen LogP contribution in [0, 0.1) is 13.8 Å². The van der Waals surface area contributed by atoms with Gasteiger partial charge in [0.25, 0.3) is 5.91 Å². The minimum atomic E-state index is -3.60. The van der Waals surface area contributed by atoms with Crippen LogP contribution in [0.2, 0.25) is 0 Å². The fraction of sp³-hybridized carbons (Fsp3) is 0.435. The Morgan fingerprint density at radius 1 is 1.07 bits per heavy atom. The molecule has 1 fully saturated rings. The number of benzene rings is 2. The van der Waals surface area contributed by atoms with E-state index in [2.05, 4.69) is 5.32 Å². The van der Waals surface area contributed by atoms with Crippen molar-refractivity contribution in [1.82, 2.24) is 9.62 Å². The molecule has 0 saturated carbocycles. The molecule has 1 N–H and O–H groups in total. The van der Waals surface area contributed by atoms with E-state index in [1.54, 1.807) is 19.1 Å². The second-order valence-corrected chi connectivity index (χ2v) is 9.80. The highest BCUT2D eigenvalue weighted by molar-refractivity contribution is 7.89. The summed E-state index contributed by atoms with van der Waals surface area (Å²) in [5, 5.41) is 2.89. The van der Waals surface area contributed by atoms with Crippen LogP contribution in [0.1, 0.15) is 47.7 Å². The molecule has 1 unspecified atom stereocenters. The predicted octanol–water partition coefficient (Wildman–Crippen LogP) is 3.68. The van der Waals surface area contributed by atoms with E-state index in [1.807, 2.05) is 38.1 Å². The van der Waals surface area contributed by atoms with Crippen LogP contribution in [0.25, 0.3) is 0 Å². The fourth-order valence-corrected chi connectivity index (χ4v) is 5.31. The highest BCUT2D eigenvalue weighted by atomic mass is 32.2. The Labute approximate surface area is 179 Å². The van der Waals surface area contributed by atoms with Gasteiger partial charge in [0.05, 0.1) is 10.9 Å². The van der Waals surface area contributed by atoms with Gasteiger partial charge in [0.1, 0.15) is 12.4 Å². The van der Waals surface area contributed by atoms with Gasteiger partial charge in [0.2, 0.25) is 10.0 Å². The maximum Gasteiger partial charge on any atom is 0.251 e. The molecule has 0 aromatic heterocycles. The van der Waals surface area contributed by atoms with Crippen molar-refractivity contribution in [2.24, 2.45) is 0 Å². The number of hydrogen-bond acceptors (Lipinski definition) is 4. The van der Waals surface area contributed by atoms with E-state index in [4.69, 9.17) is 4.74 Å². The molecule has 3 rings (SSSR count). The zero-order valence-corrected chi connectivity index (χ0v) is 18.7. The van der Waals surface area contributed by atoms with Crippen molar-refractivity contribution in [2.75, 3.05) is 19.7 Å². The van der Waals surface area contributed by atoms with E-state index >= 15 is 0 Å². The van der Waals surface area contributed by atoms with Crippen molar-refractivity contribution in [3.8, 4) is 5.75 Å². The Morgan fingerprint density at radius 3 is 2.47 bits per heavy atom. The average Bonchev–Trinajstić information content (AvgIpc) is 2.74. The van der Waals surface area contributed by atoms with Gasteiger partial charge in [-0.3, -0.25) is 4.79 Å². The van der Waals surface area contributed by atoms with Crippen LogP contribution < -0.4 is 10.1 Å². The maximum absolute atomic E-state index is 13.1. The van der Waals surface area contributed by atoms with Gasteiger partial charge in [-0.25, -0.2) is 8.42 Å². The molecule has 1 heterocycles. The number of amides is 1. The Balaban J connectivity index is 1.69. The molecule has 1 atom stereocenters. The smallest absolute Gasteiger partial charge is 0.251 e. The van der Waals surface area contributed by atoms with Gasteiger partial charge in [-0.15, -0.1) is 0 Å². The van der Waals surface area contributed by atoms with Crippen LogP contribution in [0.15, 0.2) is 47.4 Å². The molecule has 1 aliphatic heterocycles. The highest BCUT2D eigenvalue weighted by Crippen LogP contribution is 2.24. The summed E-state index contributed by atoms with van der Waals surface area (Å²) in [5.41, 5.74) is 2.01. The van der Waals surface area contributed by atoms with Gasteiger partial charge in [-0.1, -0.05) is 30.7 Å². The van der Waals surface area contributed by atoms with Crippen LogP contribution in [0.3, 0.4) is 0 Å². The lowest BCUT2D eigenvalue weighted by Gasteiger charge is -2.26. The third-order valence-electron chi connectivity index (χ3n) is 5.34. The number of carbonyl (C=O) groups excluding carboxylic acids is 1. The molecular weight excluding hydrogens is 400 g/mol. The minimum absolute atomic E-state index is 0.209. The summed E-state index contributed by atoms with van der Waals surface area (Å²) in [6.07, 6.45) is 2.80. The third kappa shape index (κ3) is 5.21. The molecule has 2 aromatic carbocycles. The summed E-state index contributed by atoms with van der Waals surface area (Å²) in [7, 11) is -3.60. The normalized spacial score (nSPS) is 16.1. The SMILES string of the molecule is Cc1ccccc1OCC(C)NC(=O)c1ccc(C)c(S(=O)(=O)N2CCCCC2)c1. The average molecular weight is 431 g/mol. The van der Waals surface area contributed by atoms with E-state index in [1.165, 1.54) is 10.4 Å². The number of carbonyl (C=O) groups is 1. The van der Waals surface area contributed by atoms with E-state index in [9.17, 15) is 13.2 Å². The van der Waals surface area contributed by atoms with Crippen LogP contribution in [0.5, 0.6) is 5.75 Å². The van der Waals surface area contributed by atoms with Gasteiger partial charge >= 0.3 is 0 Å². The Kier molecular flexibility index (Phi) is 7.15. The number of ether oxygens (including phenoxy) is 1.